The van der Waals surface area contributed by atoms with Crippen LogP contribution in [0.4, 0.5) is 5.69 Å². The van der Waals surface area contributed by atoms with Crippen LogP contribution in [0.5, 0.6) is 5.75 Å². The van der Waals surface area contributed by atoms with E-state index < -0.39 is 11.9 Å². The molecular formula is C23H23N3O5. The number of ether oxygens (including phenoxy) is 1. The molecule has 0 spiro atoms. The Morgan fingerprint density at radius 2 is 1.90 bits per heavy atom. The fourth-order valence-corrected chi connectivity index (χ4v) is 3.85. The van der Waals surface area contributed by atoms with E-state index >= 15 is 0 Å². The second kappa shape index (κ2) is 8.99. The van der Waals surface area contributed by atoms with E-state index in [1.165, 1.54) is 4.90 Å². The van der Waals surface area contributed by atoms with Crippen molar-refractivity contribution in [3.05, 3.63) is 59.7 Å². The molecule has 4 rings (SSSR count). The molecule has 2 aliphatic heterocycles. The number of benzene rings is 2. The van der Waals surface area contributed by atoms with Crippen molar-refractivity contribution in [2.45, 2.75) is 38.3 Å². The Morgan fingerprint density at radius 3 is 2.68 bits per heavy atom. The number of nitrogens with one attached hydrogen (secondary N) is 2. The molecule has 2 N–H and O–H groups in total. The summed E-state index contributed by atoms with van der Waals surface area (Å²) in [6.45, 7) is 0.639. The summed E-state index contributed by atoms with van der Waals surface area (Å²) in [6.07, 6.45) is 1.33. The zero-order valence-corrected chi connectivity index (χ0v) is 16.9. The highest BCUT2D eigenvalue weighted by Crippen LogP contribution is 2.32. The fourth-order valence-electron chi connectivity index (χ4n) is 3.85. The third kappa shape index (κ3) is 4.58. The third-order valence-corrected chi connectivity index (χ3v) is 5.42. The normalized spacial score (nSPS) is 17.9. The molecule has 1 saturated heterocycles. The van der Waals surface area contributed by atoms with Gasteiger partial charge in [0.15, 0.2) is 0 Å². The van der Waals surface area contributed by atoms with Gasteiger partial charge in [-0.05, 0) is 37.1 Å². The third-order valence-electron chi connectivity index (χ3n) is 5.42. The molecule has 0 aliphatic carbocycles. The number of imide groups is 1. The van der Waals surface area contributed by atoms with Crippen LogP contribution < -0.4 is 15.4 Å². The van der Waals surface area contributed by atoms with E-state index in [-0.39, 0.29) is 37.1 Å². The maximum atomic E-state index is 12.8. The zero-order chi connectivity index (χ0) is 21.8. The smallest absolute Gasteiger partial charge is 0.255 e. The average molecular weight is 421 g/mol. The first-order valence-corrected chi connectivity index (χ1v) is 10.3. The highest BCUT2D eigenvalue weighted by Gasteiger charge is 2.39. The van der Waals surface area contributed by atoms with E-state index in [0.29, 0.717) is 36.3 Å². The standard InChI is InChI=1S/C23H23N3O5/c27-20(10-5-13-31-15-6-2-1-3-7-15)24-18-9-4-8-16-17(18)14-26(23(16)30)19-11-12-21(28)25-22(19)29/h1-4,6-9,19H,5,10-14H2,(H,24,27)(H,25,28,29). The largest absolute Gasteiger partial charge is 0.494 e. The average Bonchev–Trinajstić information content (AvgIpc) is 3.09. The van der Waals surface area contributed by atoms with Gasteiger partial charge in [-0.2, -0.15) is 0 Å². The maximum Gasteiger partial charge on any atom is 0.255 e. The van der Waals surface area contributed by atoms with Crippen LogP contribution in [0.1, 0.15) is 41.6 Å². The monoisotopic (exact) mass is 421 g/mol. The van der Waals surface area contributed by atoms with Gasteiger partial charge in [0.2, 0.25) is 17.7 Å². The van der Waals surface area contributed by atoms with Gasteiger partial charge in [-0.1, -0.05) is 24.3 Å². The number of fused-ring (bicyclic) bond motifs is 1. The van der Waals surface area contributed by atoms with Crippen LogP contribution in [0.3, 0.4) is 0 Å². The summed E-state index contributed by atoms with van der Waals surface area (Å²) < 4.78 is 5.60. The van der Waals surface area contributed by atoms with Crippen molar-refractivity contribution < 1.29 is 23.9 Å². The molecule has 0 saturated carbocycles. The van der Waals surface area contributed by atoms with Gasteiger partial charge in [-0.25, -0.2) is 0 Å². The topological polar surface area (TPSA) is 105 Å². The number of amides is 4. The molecule has 1 fully saturated rings. The van der Waals surface area contributed by atoms with Gasteiger partial charge in [-0.15, -0.1) is 0 Å². The Kier molecular flexibility index (Phi) is 5.97. The van der Waals surface area contributed by atoms with Crippen LogP contribution in [0, 0.1) is 0 Å². The lowest BCUT2D eigenvalue weighted by atomic mass is 10.0. The first kappa shape index (κ1) is 20.6. The first-order valence-electron chi connectivity index (χ1n) is 10.3. The van der Waals surface area contributed by atoms with Crippen LogP contribution >= 0.6 is 0 Å². The van der Waals surface area contributed by atoms with Crippen LogP contribution in [0.25, 0.3) is 0 Å². The van der Waals surface area contributed by atoms with Crippen LogP contribution in [0.15, 0.2) is 48.5 Å². The molecule has 8 nitrogen and oxygen atoms in total. The Balaban J connectivity index is 1.35. The Bertz CT molecular complexity index is 1020. The minimum atomic E-state index is -0.684. The summed E-state index contributed by atoms with van der Waals surface area (Å²) in [5, 5.41) is 5.16. The van der Waals surface area contributed by atoms with E-state index in [4.69, 9.17) is 4.74 Å². The lowest BCUT2D eigenvalue weighted by Crippen LogP contribution is -2.52. The van der Waals surface area contributed by atoms with Crippen molar-refractivity contribution in [1.29, 1.82) is 0 Å². The van der Waals surface area contributed by atoms with Crippen molar-refractivity contribution >= 4 is 29.3 Å². The predicted molar refractivity (Wildman–Crippen MR) is 112 cm³/mol. The minimum Gasteiger partial charge on any atom is -0.494 e. The number of carbonyl (C=O) groups is 4. The molecule has 31 heavy (non-hydrogen) atoms. The summed E-state index contributed by atoms with van der Waals surface area (Å²) in [4.78, 5) is 50.3. The minimum absolute atomic E-state index is 0.169. The van der Waals surface area contributed by atoms with Gasteiger partial charge in [0.25, 0.3) is 5.91 Å². The van der Waals surface area contributed by atoms with Crippen molar-refractivity contribution in [2.75, 3.05) is 11.9 Å². The van der Waals surface area contributed by atoms with Crippen molar-refractivity contribution in [2.24, 2.45) is 0 Å². The van der Waals surface area contributed by atoms with E-state index in [1.807, 2.05) is 30.3 Å². The summed E-state index contributed by atoms with van der Waals surface area (Å²) in [5.74, 6) is -0.458. The van der Waals surface area contributed by atoms with Crippen LogP contribution in [0.2, 0.25) is 0 Å². The van der Waals surface area contributed by atoms with Crippen LogP contribution in [-0.4, -0.2) is 41.2 Å². The predicted octanol–water partition coefficient (Wildman–Crippen LogP) is 2.25. The van der Waals surface area contributed by atoms with E-state index in [2.05, 4.69) is 10.6 Å². The highest BCUT2D eigenvalue weighted by atomic mass is 16.5. The van der Waals surface area contributed by atoms with Crippen molar-refractivity contribution in [3.8, 4) is 5.75 Å². The number of nitrogens with zero attached hydrogens (tertiary/aromatic N) is 1. The summed E-state index contributed by atoms with van der Waals surface area (Å²) in [6, 6.07) is 13.9. The Morgan fingerprint density at radius 1 is 1.10 bits per heavy atom. The quantitative estimate of drug-likeness (QED) is 0.527. The number of carbonyl (C=O) groups excluding carboxylic acids is 4. The number of para-hydroxylation sites is 1. The molecule has 2 aromatic rings. The molecule has 4 amide bonds. The lowest BCUT2D eigenvalue weighted by molar-refractivity contribution is -0.137. The Hall–Kier alpha value is -3.68. The van der Waals surface area contributed by atoms with Gasteiger partial charge < -0.3 is 15.0 Å². The second-order valence-electron chi connectivity index (χ2n) is 7.54. The molecule has 0 radical (unpaired) electrons. The number of rotatable bonds is 7. The highest BCUT2D eigenvalue weighted by molar-refractivity contribution is 6.06. The summed E-state index contributed by atoms with van der Waals surface area (Å²) in [5.41, 5.74) is 1.72. The molecule has 2 heterocycles. The van der Waals surface area contributed by atoms with Gasteiger partial charge >= 0.3 is 0 Å². The summed E-state index contributed by atoms with van der Waals surface area (Å²) in [7, 11) is 0. The second-order valence-corrected chi connectivity index (χ2v) is 7.54. The molecular weight excluding hydrogens is 398 g/mol. The lowest BCUT2D eigenvalue weighted by Gasteiger charge is -2.29. The number of anilines is 1. The molecule has 8 heteroatoms. The SMILES string of the molecule is O=C1CCC(N2Cc3c(NC(=O)CCCOc4ccccc4)cccc3C2=O)C(=O)N1. The van der Waals surface area contributed by atoms with E-state index in [0.717, 1.165) is 5.75 Å². The number of hydrogen-bond acceptors (Lipinski definition) is 5. The zero-order valence-electron chi connectivity index (χ0n) is 16.9. The molecule has 1 unspecified atom stereocenters. The number of piperidine rings is 1. The summed E-state index contributed by atoms with van der Waals surface area (Å²) >= 11 is 0. The number of hydrogen-bond donors (Lipinski definition) is 2. The molecule has 160 valence electrons. The molecule has 1 atom stereocenters. The maximum absolute atomic E-state index is 12.8. The van der Waals surface area contributed by atoms with Gasteiger partial charge in [-0.3, -0.25) is 24.5 Å². The molecule has 2 aromatic carbocycles. The molecule has 2 aliphatic rings. The van der Waals surface area contributed by atoms with Gasteiger partial charge in [0.1, 0.15) is 11.8 Å². The van der Waals surface area contributed by atoms with Gasteiger partial charge in [0, 0.05) is 36.2 Å². The van der Waals surface area contributed by atoms with Crippen LogP contribution in [-0.2, 0) is 20.9 Å². The Labute approximate surface area is 179 Å². The van der Waals surface area contributed by atoms with E-state index in [1.54, 1.807) is 18.2 Å². The fraction of sp³-hybridized carbons (Fsp3) is 0.304. The van der Waals surface area contributed by atoms with Gasteiger partial charge in [0.05, 0.1) is 6.61 Å². The molecule has 0 aromatic heterocycles. The van der Waals surface area contributed by atoms with Crippen molar-refractivity contribution in [1.82, 2.24) is 10.2 Å². The molecule has 0 bridgehead atoms. The first-order chi connectivity index (χ1) is 15.0. The van der Waals surface area contributed by atoms with Crippen molar-refractivity contribution in [3.63, 3.8) is 0 Å². The van der Waals surface area contributed by atoms with E-state index in [9.17, 15) is 19.2 Å².